The third kappa shape index (κ3) is 4.36. The fourth-order valence-corrected chi connectivity index (χ4v) is 3.45. The molecular weight excluding hydrogens is 344 g/mol. The number of hydrogen-bond acceptors (Lipinski definition) is 2. The van der Waals surface area contributed by atoms with E-state index in [0.717, 1.165) is 11.1 Å². The molecule has 0 aromatic heterocycles. The van der Waals surface area contributed by atoms with E-state index in [1.807, 2.05) is 25.7 Å². The average molecular weight is 365 g/mol. The van der Waals surface area contributed by atoms with Gasteiger partial charge in [-0.25, -0.2) is 0 Å². The van der Waals surface area contributed by atoms with Crippen molar-refractivity contribution in [1.82, 2.24) is 4.90 Å². The Kier molecular flexibility index (Phi) is 6.02. The van der Waals surface area contributed by atoms with E-state index in [0.29, 0.717) is 23.9 Å². The largest absolute Gasteiger partial charge is 0.356 e. The molecule has 0 aliphatic carbocycles. The monoisotopic (exact) mass is 364 g/mol. The average Bonchev–Trinajstić information content (AvgIpc) is 2.56. The molecule has 0 aliphatic rings. The van der Waals surface area contributed by atoms with Crippen LogP contribution in [0.2, 0.25) is 5.02 Å². The molecule has 0 heterocycles. The molecule has 4 nitrogen and oxygen atoms in total. The quantitative estimate of drug-likeness (QED) is 0.592. The predicted octanol–water partition coefficient (Wildman–Crippen LogP) is 4.13. The second kappa shape index (κ2) is 7.81. The summed E-state index contributed by atoms with van der Waals surface area (Å²) in [6, 6.07) is 13.7. The summed E-state index contributed by atoms with van der Waals surface area (Å²) in [7, 11) is -3.79. The first-order chi connectivity index (χ1) is 11.4. The molecule has 0 unspecified atom stereocenters. The van der Waals surface area contributed by atoms with E-state index >= 15 is 0 Å². The molecule has 2 aromatic rings. The van der Waals surface area contributed by atoms with Gasteiger partial charge in [-0.15, -0.1) is 4.40 Å². The fourth-order valence-electron chi connectivity index (χ4n) is 2.29. The molecule has 0 N–H and O–H groups in total. The molecule has 0 saturated heterocycles. The van der Waals surface area contributed by atoms with Gasteiger partial charge >= 0.3 is 0 Å². The van der Waals surface area contributed by atoms with E-state index in [1.165, 1.54) is 0 Å². The van der Waals surface area contributed by atoms with Gasteiger partial charge < -0.3 is 4.90 Å². The summed E-state index contributed by atoms with van der Waals surface area (Å²) >= 11 is 5.94. The first-order valence-electron chi connectivity index (χ1n) is 7.80. The Hall–Kier alpha value is -1.85. The molecule has 2 aromatic carbocycles. The highest BCUT2D eigenvalue weighted by Gasteiger charge is 2.18. The Morgan fingerprint density at radius 1 is 1.00 bits per heavy atom. The molecule has 6 heteroatoms. The van der Waals surface area contributed by atoms with Crippen LogP contribution in [0.4, 0.5) is 0 Å². The van der Waals surface area contributed by atoms with Crippen LogP contribution in [-0.4, -0.2) is 32.2 Å². The van der Waals surface area contributed by atoms with Gasteiger partial charge in [-0.1, -0.05) is 29.3 Å². The Morgan fingerprint density at radius 2 is 1.54 bits per heavy atom. The minimum atomic E-state index is -3.79. The standard InChI is InChI=1S/C18H21ClN2O2S/c1-4-21(5-2)18(15-8-10-16(19)11-9-15)20-24(22,23)17-12-6-14(3)7-13-17/h6-13H,4-5H2,1-3H3/b20-18-. The van der Waals surface area contributed by atoms with Crippen molar-refractivity contribution >= 4 is 27.5 Å². The van der Waals surface area contributed by atoms with Crippen LogP contribution in [0.25, 0.3) is 0 Å². The van der Waals surface area contributed by atoms with Crippen molar-refractivity contribution in [3.63, 3.8) is 0 Å². The summed E-state index contributed by atoms with van der Waals surface area (Å²) in [4.78, 5) is 2.10. The van der Waals surface area contributed by atoms with Gasteiger partial charge in [0.25, 0.3) is 10.0 Å². The van der Waals surface area contributed by atoms with Gasteiger partial charge in [0.05, 0.1) is 4.90 Å². The smallest absolute Gasteiger partial charge is 0.284 e. The maximum Gasteiger partial charge on any atom is 0.284 e. The highest BCUT2D eigenvalue weighted by molar-refractivity contribution is 7.90. The third-order valence-electron chi connectivity index (χ3n) is 3.69. The van der Waals surface area contributed by atoms with Gasteiger partial charge in [0, 0.05) is 23.7 Å². The number of rotatable bonds is 5. The van der Waals surface area contributed by atoms with Gasteiger partial charge in [0.2, 0.25) is 0 Å². The maximum absolute atomic E-state index is 12.7. The summed E-state index contributed by atoms with van der Waals surface area (Å²) in [6.45, 7) is 7.15. The highest BCUT2D eigenvalue weighted by Crippen LogP contribution is 2.18. The summed E-state index contributed by atoms with van der Waals surface area (Å²) in [5.74, 6) is 0.428. The fraction of sp³-hybridized carbons (Fsp3) is 0.278. The van der Waals surface area contributed by atoms with Gasteiger partial charge in [-0.3, -0.25) is 0 Å². The second-order valence-corrected chi connectivity index (χ2v) is 7.42. The predicted molar refractivity (Wildman–Crippen MR) is 99.3 cm³/mol. The molecule has 0 atom stereocenters. The minimum absolute atomic E-state index is 0.187. The lowest BCUT2D eigenvalue weighted by atomic mass is 10.2. The van der Waals surface area contributed by atoms with Crippen LogP contribution >= 0.6 is 11.6 Å². The van der Waals surface area contributed by atoms with Crippen molar-refractivity contribution in [1.29, 1.82) is 0 Å². The van der Waals surface area contributed by atoms with Crippen molar-refractivity contribution in [2.24, 2.45) is 4.40 Å². The second-order valence-electron chi connectivity index (χ2n) is 5.38. The number of benzene rings is 2. The summed E-state index contributed by atoms with van der Waals surface area (Å²) < 4.78 is 29.5. The van der Waals surface area contributed by atoms with Crippen LogP contribution in [0.15, 0.2) is 57.8 Å². The lowest BCUT2D eigenvalue weighted by Crippen LogP contribution is -2.32. The lowest BCUT2D eigenvalue weighted by Gasteiger charge is -2.23. The third-order valence-corrected chi connectivity index (χ3v) is 5.22. The zero-order valence-corrected chi connectivity index (χ0v) is 15.6. The Morgan fingerprint density at radius 3 is 2.04 bits per heavy atom. The number of amidine groups is 1. The van der Waals surface area contributed by atoms with Crippen molar-refractivity contribution < 1.29 is 8.42 Å². The molecule has 0 fully saturated rings. The Bertz CT molecular complexity index is 809. The van der Waals surface area contributed by atoms with Gasteiger partial charge in [0.15, 0.2) is 0 Å². The molecule has 0 amide bonds. The van der Waals surface area contributed by atoms with E-state index in [1.54, 1.807) is 48.5 Å². The van der Waals surface area contributed by atoms with E-state index in [4.69, 9.17) is 11.6 Å². The number of sulfonamides is 1. The molecule has 0 aliphatic heterocycles. The first kappa shape index (κ1) is 18.5. The van der Waals surface area contributed by atoms with E-state index in [9.17, 15) is 8.42 Å². The van der Waals surface area contributed by atoms with E-state index in [2.05, 4.69) is 4.40 Å². The first-order valence-corrected chi connectivity index (χ1v) is 9.61. The molecule has 0 bridgehead atoms. The van der Waals surface area contributed by atoms with Crippen LogP contribution in [-0.2, 0) is 10.0 Å². The zero-order valence-electron chi connectivity index (χ0n) is 14.0. The molecular formula is C18H21ClN2O2S. The summed E-state index contributed by atoms with van der Waals surface area (Å²) in [5, 5.41) is 0.596. The zero-order chi connectivity index (χ0) is 17.7. The van der Waals surface area contributed by atoms with Crippen molar-refractivity contribution in [2.45, 2.75) is 25.7 Å². The normalized spacial score (nSPS) is 12.2. The van der Waals surface area contributed by atoms with Crippen molar-refractivity contribution in [2.75, 3.05) is 13.1 Å². The molecule has 0 spiro atoms. The van der Waals surface area contributed by atoms with Crippen LogP contribution < -0.4 is 0 Å². The van der Waals surface area contributed by atoms with Crippen molar-refractivity contribution in [3.05, 3.63) is 64.7 Å². The van der Waals surface area contributed by atoms with Crippen LogP contribution in [0.5, 0.6) is 0 Å². The highest BCUT2D eigenvalue weighted by atomic mass is 35.5. The number of halogens is 1. The SMILES string of the molecule is CCN(CC)/C(=N\S(=O)(=O)c1ccc(C)cc1)c1ccc(Cl)cc1. The van der Waals surface area contributed by atoms with E-state index < -0.39 is 10.0 Å². The molecule has 24 heavy (non-hydrogen) atoms. The molecule has 2 rings (SSSR count). The number of aryl methyl sites for hydroxylation is 1. The Balaban J connectivity index is 2.54. The minimum Gasteiger partial charge on any atom is -0.356 e. The van der Waals surface area contributed by atoms with Crippen LogP contribution in [0, 0.1) is 6.92 Å². The number of hydrogen-bond donors (Lipinski definition) is 0. The van der Waals surface area contributed by atoms with Gasteiger partial charge in [-0.05, 0) is 57.2 Å². The molecule has 128 valence electrons. The van der Waals surface area contributed by atoms with Crippen LogP contribution in [0.3, 0.4) is 0 Å². The molecule has 0 saturated carbocycles. The summed E-state index contributed by atoms with van der Waals surface area (Å²) in [6.07, 6.45) is 0. The Labute approximate surface area is 148 Å². The van der Waals surface area contributed by atoms with E-state index in [-0.39, 0.29) is 4.90 Å². The maximum atomic E-state index is 12.7. The lowest BCUT2D eigenvalue weighted by molar-refractivity contribution is 0.467. The topological polar surface area (TPSA) is 49.7 Å². The van der Waals surface area contributed by atoms with Gasteiger partial charge in [-0.2, -0.15) is 8.42 Å². The summed E-state index contributed by atoms with van der Waals surface area (Å²) in [5.41, 5.74) is 1.72. The molecule has 0 radical (unpaired) electrons. The van der Waals surface area contributed by atoms with Crippen molar-refractivity contribution in [3.8, 4) is 0 Å². The van der Waals surface area contributed by atoms with Gasteiger partial charge in [0.1, 0.15) is 5.84 Å². The number of nitrogens with zero attached hydrogens (tertiary/aromatic N) is 2. The van der Waals surface area contributed by atoms with Crippen LogP contribution in [0.1, 0.15) is 25.0 Å².